The molecule has 0 atom stereocenters. The molecule has 1 amide bonds. The Bertz CT molecular complexity index is 772. The normalized spacial score (nSPS) is 14.1. The molecule has 26 heavy (non-hydrogen) atoms. The molecule has 2 heterocycles. The van der Waals surface area contributed by atoms with Crippen molar-refractivity contribution in [3.8, 4) is 0 Å². The lowest BCUT2D eigenvalue weighted by Crippen LogP contribution is -2.38. The predicted octanol–water partition coefficient (Wildman–Crippen LogP) is 3.73. The largest absolute Gasteiger partial charge is 0.467 e. The van der Waals surface area contributed by atoms with Crippen molar-refractivity contribution in [3.63, 3.8) is 0 Å². The van der Waals surface area contributed by atoms with Gasteiger partial charge in [-0.25, -0.2) is 4.79 Å². The fourth-order valence-corrected chi connectivity index (χ4v) is 3.34. The third kappa shape index (κ3) is 3.69. The Kier molecular flexibility index (Phi) is 5.49. The molecule has 0 bridgehead atoms. The van der Waals surface area contributed by atoms with Gasteiger partial charge < -0.3 is 19.0 Å². The van der Waals surface area contributed by atoms with Gasteiger partial charge in [-0.05, 0) is 56.9 Å². The molecule has 2 aromatic heterocycles. The predicted molar refractivity (Wildman–Crippen MR) is 96.5 cm³/mol. The maximum atomic E-state index is 12.9. The molecule has 0 saturated heterocycles. The van der Waals surface area contributed by atoms with Crippen LogP contribution in [0, 0.1) is 19.8 Å². The molecule has 3 rings (SSSR count). The zero-order chi connectivity index (χ0) is 18.7. The van der Waals surface area contributed by atoms with Crippen LogP contribution in [-0.4, -0.2) is 28.4 Å². The van der Waals surface area contributed by atoms with E-state index in [-0.39, 0.29) is 17.8 Å². The minimum absolute atomic E-state index is 0.106. The first-order valence-corrected chi connectivity index (χ1v) is 9.17. The van der Waals surface area contributed by atoms with E-state index >= 15 is 0 Å². The lowest BCUT2D eigenvalue weighted by molar-refractivity contribution is -0.139. The Hall–Kier alpha value is -2.50. The highest BCUT2D eigenvalue weighted by atomic mass is 16.5. The van der Waals surface area contributed by atoms with E-state index in [1.54, 1.807) is 13.2 Å². The van der Waals surface area contributed by atoms with Gasteiger partial charge in [-0.3, -0.25) is 4.79 Å². The molecule has 0 radical (unpaired) electrons. The van der Waals surface area contributed by atoms with Gasteiger partial charge in [-0.2, -0.15) is 0 Å². The minimum atomic E-state index is -0.359. The summed E-state index contributed by atoms with van der Waals surface area (Å²) in [6, 6.07) is 3.70. The fourth-order valence-electron chi connectivity index (χ4n) is 3.34. The smallest absolute Gasteiger partial charge is 0.355 e. The zero-order valence-corrected chi connectivity index (χ0v) is 15.6. The molecule has 1 aliphatic carbocycles. The first-order chi connectivity index (χ1) is 12.5. The quantitative estimate of drug-likeness (QED) is 0.765. The molecular weight excluding hydrogens is 332 g/mol. The summed E-state index contributed by atoms with van der Waals surface area (Å²) in [5.74, 6) is 0.663. The SMILES string of the molecule is CCOC(=O)c1[nH]c(C)c(CN(Cc2ccco2)C(=O)C2CCC2)c1C. The summed E-state index contributed by atoms with van der Waals surface area (Å²) < 4.78 is 10.6. The number of esters is 1. The minimum Gasteiger partial charge on any atom is -0.467 e. The molecule has 0 aliphatic heterocycles. The van der Waals surface area contributed by atoms with E-state index in [1.807, 2.05) is 30.9 Å². The van der Waals surface area contributed by atoms with E-state index in [9.17, 15) is 9.59 Å². The molecule has 6 nitrogen and oxygen atoms in total. The monoisotopic (exact) mass is 358 g/mol. The summed E-state index contributed by atoms with van der Waals surface area (Å²) in [5.41, 5.74) is 3.16. The van der Waals surface area contributed by atoms with Crippen molar-refractivity contribution in [3.05, 3.63) is 46.7 Å². The summed E-state index contributed by atoms with van der Waals surface area (Å²) in [6.07, 6.45) is 4.63. The van der Waals surface area contributed by atoms with Gasteiger partial charge in [0.05, 0.1) is 19.4 Å². The van der Waals surface area contributed by atoms with Crippen LogP contribution in [0.25, 0.3) is 0 Å². The molecule has 140 valence electrons. The van der Waals surface area contributed by atoms with Crippen LogP contribution in [0.1, 0.15) is 59.3 Å². The maximum absolute atomic E-state index is 12.9. The number of furan rings is 1. The molecule has 1 aliphatic rings. The van der Waals surface area contributed by atoms with Crippen LogP contribution >= 0.6 is 0 Å². The Morgan fingerprint density at radius 3 is 2.65 bits per heavy atom. The van der Waals surface area contributed by atoms with Gasteiger partial charge in [0, 0.05) is 18.2 Å². The fraction of sp³-hybridized carbons (Fsp3) is 0.500. The lowest BCUT2D eigenvalue weighted by atomic mass is 9.84. The standard InChI is InChI=1S/C20H26N2O4/c1-4-25-20(24)18-13(2)17(14(3)21-18)12-22(11-16-9-6-10-26-16)19(23)15-7-5-8-15/h6,9-10,15,21H,4-5,7-8,11-12H2,1-3H3. The molecule has 1 N–H and O–H groups in total. The summed E-state index contributed by atoms with van der Waals surface area (Å²) in [4.78, 5) is 30.0. The summed E-state index contributed by atoms with van der Waals surface area (Å²) >= 11 is 0. The molecule has 1 fully saturated rings. The number of amides is 1. The second-order valence-corrected chi connectivity index (χ2v) is 6.85. The Labute approximate surface area is 153 Å². The van der Waals surface area contributed by atoms with E-state index in [0.717, 1.165) is 41.8 Å². The van der Waals surface area contributed by atoms with Crippen LogP contribution in [0.5, 0.6) is 0 Å². The number of carbonyl (C=O) groups is 2. The van der Waals surface area contributed by atoms with Crippen molar-refractivity contribution >= 4 is 11.9 Å². The highest BCUT2D eigenvalue weighted by Crippen LogP contribution is 2.30. The summed E-state index contributed by atoms with van der Waals surface area (Å²) in [5, 5.41) is 0. The maximum Gasteiger partial charge on any atom is 0.355 e. The molecule has 1 saturated carbocycles. The van der Waals surface area contributed by atoms with E-state index in [1.165, 1.54) is 0 Å². The van der Waals surface area contributed by atoms with Gasteiger partial charge in [-0.1, -0.05) is 6.42 Å². The van der Waals surface area contributed by atoms with Crippen molar-refractivity contribution in [2.75, 3.05) is 6.61 Å². The number of ether oxygens (including phenoxy) is 1. The van der Waals surface area contributed by atoms with E-state index in [0.29, 0.717) is 25.4 Å². The molecule has 2 aromatic rings. The van der Waals surface area contributed by atoms with Crippen LogP contribution < -0.4 is 0 Å². The second-order valence-electron chi connectivity index (χ2n) is 6.85. The molecule has 0 aromatic carbocycles. The van der Waals surface area contributed by atoms with Crippen LogP contribution in [0.4, 0.5) is 0 Å². The lowest BCUT2D eigenvalue weighted by Gasteiger charge is -2.31. The van der Waals surface area contributed by atoms with Crippen LogP contribution in [0.15, 0.2) is 22.8 Å². The van der Waals surface area contributed by atoms with Crippen molar-refractivity contribution in [2.24, 2.45) is 5.92 Å². The number of carbonyl (C=O) groups excluding carboxylic acids is 2. The van der Waals surface area contributed by atoms with Gasteiger partial charge in [0.2, 0.25) is 5.91 Å². The van der Waals surface area contributed by atoms with E-state index in [2.05, 4.69) is 4.98 Å². The van der Waals surface area contributed by atoms with Crippen LogP contribution in [0.3, 0.4) is 0 Å². The van der Waals surface area contributed by atoms with E-state index < -0.39 is 0 Å². The van der Waals surface area contributed by atoms with Crippen molar-refractivity contribution in [2.45, 2.75) is 53.1 Å². The van der Waals surface area contributed by atoms with Crippen molar-refractivity contribution < 1.29 is 18.7 Å². The van der Waals surface area contributed by atoms with Gasteiger partial charge in [0.15, 0.2) is 0 Å². The summed E-state index contributed by atoms with van der Waals surface area (Å²) in [7, 11) is 0. The number of rotatable bonds is 7. The van der Waals surface area contributed by atoms with Gasteiger partial charge in [0.25, 0.3) is 0 Å². The number of nitrogens with one attached hydrogen (secondary N) is 1. The number of aromatic amines is 1. The highest BCUT2D eigenvalue weighted by molar-refractivity contribution is 5.90. The first kappa shape index (κ1) is 18.3. The molecule has 6 heteroatoms. The topological polar surface area (TPSA) is 75.5 Å². The second kappa shape index (κ2) is 7.81. The number of hydrogen-bond donors (Lipinski definition) is 1. The first-order valence-electron chi connectivity index (χ1n) is 9.17. The average Bonchev–Trinajstić information content (AvgIpc) is 3.15. The summed E-state index contributed by atoms with van der Waals surface area (Å²) in [6.45, 7) is 6.81. The molecular formula is C20H26N2O4. The Morgan fingerprint density at radius 1 is 1.31 bits per heavy atom. The average molecular weight is 358 g/mol. The molecule has 0 spiro atoms. The number of aryl methyl sites for hydroxylation is 1. The Balaban J connectivity index is 1.84. The van der Waals surface area contributed by atoms with Gasteiger partial charge >= 0.3 is 5.97 Å². The van der Waals surface area contributed by atoms with Crippen molar-refractivity contribution in [1.82, 2.24) is 9.88 Å². The number of aromatic nitrogens is 1. The van der Waals surface area contributed by atoms with Crippen molar-refractivity contribution in [1.29, 1.82) is 0 Å². The number of nitrogens with zero attached hydrogens (tertiary/aromatic N) is 1. The third-order valence-corrected chi connectivity index (χ3v) is 5.11. The Morgan fingerprint density at radius 2 is 2.08 bits per heavy atom. The van der Waals surface area contributed by atoms with Gasteiger partial charge in [-0.15, -0.1) is 0 Å². The van der Waals surface area contributed by atoms with Gasteiger partial charge in [0.1, 0.15) is 11.5 Å². The molecule has 0 unspecified atom stereocenters. The van der Waals surface area contributed by atoms with Crippen LogP contribution in [0.2, 0.25) is 0 Å². The number of hydrogen-bond acceptors (Lipinski definition) is 4. The van der Waals surface area contributed by atoms with Crippen LogP contribution in [-0.2, 0) is 22.6 Å². The number of H-pyrrole nitrogens is 1. The highest BCUT2D eigenvalue weighted by Gasteiger charge is 2.31. The third-order valence-electron chi connectivity index (χ3n) is 5.11. The zero-order valence-electron chi connectivity index (χ0n) is 15.6. The van der Waals surface area contributed by atoms with E-state index in [4.69, 9.17) is 9.15 Å².